The zero-order valence-electron chi connectivity index (χ0n) is 17.9. The Morgan fingerprint density at radius 1 is 0.871 bits per heavy atom. The van der Waals surface area contributed by atoms with Crippen molar-refractivity contribution in [3.05, 3.63) is 107 Å². The fourth-order valence-electron chi connectivity index (χ4n) is 3.83. The van der Waals surface area contributed by atoms with Crippen molar-refractivity contribution >= 4 is 13.0 Å². The summed E-state index contributed by atoms with van der Waals surface area (Å²) < 4.78 is 0. The highest BCUT2D eigenvalue weighted by molar-refractivity contribution is 6.43. The molecular formula is C26H30BNO3. The minimum absolute atomic E-state index is 0.188. The summed E-state index contributed by atoms with van der Waals surface area (Å²) in [7, 11) is -1.64. The molecule has 0 fully saturated rings. The maximum Gasteiger partial charge on any atom is 0.475 e. The van der Waals surface area contributed by atoms with Crippen LogP contribution >= 0.6 is 0 Å². The van der Waals surface area contributed by atoms with Gasteiger partial charge in [0.15, 0.2) is 0 Å². The van der Waals surface area contributed by atoms with Crippen LogP contribution in [0, 0.1) is 0 Å². The van der Waals surface area contributed by atoms with Gasteiger partial charge in [-0.25, -0.2) is 0 Å². The first kappa shape index (κ1) is 22.8. The van der Waals surface area contributed by atoms with Gasteiger partial charge in [-0.05, 0) is 47.9 Å². The first-order valence-corrected chi connectivity index (χ1v) is 10.9. The highest BCUT2D eigenvalue weighted by Gasteiger charge is 2.29. The Labute approximate surface area is 185 Å². The van der Waals surface area contributed by atoms with E-state index in [-0.39, 0.29) is 11.8 Å². The van der Waals surface area contributed by atoms with Gasteiger partial charge in [-0.3, -0.25) is 4.79 Å². The van der Waals surface area contributed by atoms with E-state index in [1.807, 2.05) is 72.8 Å². The SMILES string of the molecule is CCc1cccc(CC(NC(=O)C(CCc2ccccc2)c2ccccc2)B(O)O)c1. The summed E-state index contributed by atoms with van der Waals surface area (Å²) in [6.45, 7) is 2.08. The Bertz CT molecular complexity index is 947. The van der Waals surface area contributed by atoms with Gasteiger partial charge in [0.1, 0.15) is 0 Å². The maximum atomic E-state index is 13.3. The minimum atomic E-state index is -1.64. The lowest BCUT2D eigenvalue weighted by Gasteiger charge is -2.23. The summed E-state index contributed by atoms with van der Waals surface area (Å²) in [5, 5.41) is 22.8. The molecule has 3 aromatic carbocycles. The van der Waals surface area contributed by atoms with Crippen molar-refractivity contribution in [1.29, 1.82) is 0 Å². The van der Waals surface area contributed by atoms with E-state index in [1.165, 1.54) is 11.1 Å². The predicted octanol–water partition coefficient (Wildman–Crippen LogP) is 3.70. The molecule has 160 valence electrons. The maximum absolute atomic E-state index is 13.3. The molecule has 1 amide bonds. The molecule has 0 spiro atoms. The van der Waals surface area contributed by atoms with Gasteiger partial charge in [-0.15, -0.1) is 0 Å². The van der Waals surface area contributed by atoms with Crippen LogP contribution < -0.4 is 5.32 Å². The second-order valence-electron chi connectivity index (χ2n) is 7.89. The van der Waals surface area contributed by atoms with Crippen molar-refractivity contribution in [2.75, 3.05) is 0 Å². The smallest absolute Gasteiger partial charge is 0.426 e. The molecule has 0 aliphatic heterocycles. The minimum Gasteiger partial charge on any atom is -0.426 e. The van der Waals surface area contributed by atoms with E-state index >= 15 is 0 Å². The number of carbonyl (C=O) groups excluding carboxylic acids is 1. The lowest BCUT2D eigenvalue weighted by Crippen LogP contribution is -2.49. The van der Waals surface area contributed by atoms with E-state index in [9.17, 15) is 14.8 Å². The summed E-state index contributed by atoms with van der Waals surface area (Å²) in [6, 6.07) is 27.8. The molecule has 0 bridgehead atoms. The van der Waals surface area contributed by atoms with Crippen molar-refractivity contribution in [3.63, 3.8) is 0 Å². The number of amides is 1. The number of nitrogens with one attached hydrogen (secondary N) is 1. The molecule has 0 aromatic heterocycles. The molecule has 31 heavy (non-hydrogen) atoms. The van der Waals surface area contributed by atoms with Gasteiger partial charge in [0.25, 0.3) is 0 Å². The highest BCUT2D eigenvalue weighted by Crippen LogP contribution is 2.23. The number of hydrogen-bond acceptors (Lipinski definition) is 3. The van der Waals surface area contributed by atoms with Crippen LogP contribution in [0.4, 0.5) is 0 Å². The molecule has 0 aliphatic rings. The van der Waals surface area contributed by atoms with Crippen molar-refractivity contribution in [2.24, 2.45) is 0 Å². The summed E-state index contributed by atoms with van der Waals surface area (Å²) >= 11 is 0. The monoisotopic (exact) mass is 415 g/mol. The summed E-state index contributed by atoms with van der Waals surface area (Å²) in [5.41, 5.74) is 4.25. The largest absolute Gasteiger partial charge is 0.475 e. The first-order valence-electron chi connectivity index (χ1n) is 10.9. The van der Waals surface area contributed by atoms with Crippen molar-refractivity contribution < 1.29 is 14.8 Å². The molecule has 0 aliphatic carbocycles. The van der Waals surface area contributed by atoms with Gasteiger partial charge in [-0.1, -0.05) is 91.9 Å². The summed E-state index contributed by atoms with van der Waals surface area (Å²) in [4.78, 5) is 13.3. The van der Waals surface area contributed by atoms with Crippen LogP contribution in [0.5, 0.6) is 0 Å². The molecule has 0 radical (unpaired) electrons. The molecule has 5 heteroatoms. The van der Waals surface area contributed by atoms with Gasteiger partial charge in [0, 0.05) is 0 Å². The quantitative estimate of drug-likeness (QED) is 0.443. The van der Waals surface area contributed by atoms with E-state index in [4.69, 9.17) is 0 Å². The van der Waals surface area contributed by atoms with Crippen LogP contribution in [0.25, 0.3) is 0 Å². The standard InChI is InChI=1S/C26H30BNO3/c1-2-20-12-9-13-22(18-20)19-25(27(30)31)28-26(29)24(23-14-7-4-8-15-23)17-16-21-10-5-3-6-11-21/h3-15,18,24-25,30-31H,2,16-17,19H2,1H3,(H,28,29). The van der Waals surface area contributed by atoms with E-state index in [2.05, 4.69) is 24.4 Å². The molecule has 2 unspecified atom stereocenters. The topological polar surface area (TPSA) is 69.6 Å². The third-order valence-corrected chi connectivity index (χ3v) is 5.63. The number of rotatable bonds is 10. The average Bonchev–Trinajstić information content (AvgIpc) is 2.80. The van der Waals surface area contributed by atoms with E-state index in [0.717, 1.165) is 24.0 Å². The van der Waals surface area contributed by atoms with Crippen LogP contribution in [-0.4, -0.2) is 29.0 Å². The summed E-state index contributed by atoms with van der Waals surface area (Å²) in [5.74, 6) is -1.33. The number of benzene rings is 3. The third-order valence-electron chi connectivity index (χ3n) is 5.63. The normalized spacial score (nSPS) is 12.7. The molecule has 0 saturated heterocycles. The zero-order valence-corrected chi connectivity index (χ0v) is 17.9. The molecule has 3 rings (SSSR count). The second kappa shape index (κ2) is 11.5. The predicted molar refractivity (Wildman–Crippen MR) is 126 cm³/mol. The molecule has 3 aromatic rings. The van der Waals surface area contributed by atoms with Gasteiger partial charge in [0.05, 0.1) is 11.9 Å². The molecule has 2 atom stereocenters. The van der Waals surface area contributed by atoms with Gasteiger partial charge >= 0.3 is 7.12 Å². The Hall–Kier alpha value is -2.89. The Morgan fingerprint density at radius 3 is 2.13 bits per heavy atom. The second-order valence-corrected chi connectivity index (χ2v) is 7.89. The van der Waals surface area contributed by atoms with E-state index in [0.29, 0.717) is 12.8 Å². The Balaban J connectivity index is 1.74. The van der Waals surface area contributed by atoms with Crippen molar-refractivity contribution in [2.45, 2.75) is 44.5 Å². The van der Waals surface area contributed by atoms with Crippen molar-refractivity contribution in [1.82, 2.24) is 5.32 Å². The lowest BCUT2D eigenvalue weighted by molar-refractivity contribution is -0.123. The molecule has 0 heterocycles. The number of hydrogen-bond donors (Lipinski definition) is 3. The molecule has 4 nitrogen and oxygen atoms in total. The van der Waals surface area contributed by atoms with Crippen molar-refractivity contribution in [3.8, 4) is 0 Å². The Kier molecular flexibility index (Phi) is 8.45. The molecular weight excluding hydrogens is 385 g/mol. The van der Waals surface area contributed by atoms with Crippen LogP contribution in [0.2, 0.25) is 0 Å². The third kappa shape index (κ3) is 6.81. The fourth-order valence-corrected chi connectivity index (χ4v) is 3.83. The van der Waals surface area contributed by atoms with Crippen LogP contribution in [0.3, 0.4) is 0 Å². The van der Waals surface area contributed by atoms with Gasteiger partial charge in [-0.2, -0.15) is 0 Å². The number of aryl methyl sites for hydroxylation is 2. The Morgan fingerprint density at radius 2 is 1.48 bits per heavy atom. The lowest BCUT2D eigenvalue weighted by atomic mass is 9.75. The highest BCUT2D eigenvalue weighted by atomic mass is 16.4. The van der Waals surface area contributed by atoms with Gasteiger partial charge in [0.2, 0.25) is 5.91 Å². The molecule has 3 N–H and O–H groups in total. The summed E-state index contributed by atoms with van der Waals surface area (Å²) in [6.07, 6.45) is 2.66. The first-order chi connectivity index (χ1) is 15.1. The zero-order chi connectivity index (χ0) is 22.1. The number of carbonyl (C=O) groups is 1. The fraction of sp³-hybridized carbons (Fsp3) is 0.269. The average molecular weight is 415 g/mol. The van der Waals surface area contributed by atoms with Crippen LogP contribution in [0.15, 0.2) is 84.9 Å². The van der Waals surface area contributed by atoms with Gasteiger partial charge < -0.3 is 15.4 Å². The van der Waals surface area contributed by atoms with E-state index < -0.39 is 13.1 Å². The van der Waals surface area contributed by atoms with E-state index in [1.54, 1.807) is 0 Å². The van der Waals surface area contributed by atoms with Crippen LogP contribution in [0.1, 0.15) is 41.5 Å². The van der Waals surface area contributed by atoms with Crippen LogP contribution in [-0.2, 0) is 24.1 Å². The molecule has 0 saturated carbocycles.